The minimum atomic E-state index is 0.792. The zero-order valence-corrected chi connectivity index (χ0v) is 13.2. The maximum atomic E-state index is 4.20. The van der Waals surface area contributed by atoms with Crippen LogP contribution in [0.4, 0.5) is 0 Å². The van der Waals surface area contributed by atoms with Crippen LogP contribution in [0.15, 0.2) is 86.2 Å². The lowest BCUT2D eigenvalue weighted by Crippen LogP contribution is -1.97. The summed E-state index contributed by atoms with van der Waals surface area (Å²) in [7, 11) is 0. The summed E-state index contributed by atoms with van der Waals surface area (Å²) in [5, 5.41) is 0. The molecule has 0 saturated heterocycles. The number of hydrogen-bond donors (Lipinski definition) is 0. The van der Waals surface area contributed by atoms with Gasteiger partial charge < -0.3 is 9.13 Å². The second-order valence-corrected chi connectivity index (χ2v) is 5.11. The third-order valence-electron chi connectivity index (χ3n) is 3.26. The number of nitrogens with zero attached hydrogens (tertiary/aromatic N) is 6. The van der Waals surface area contributed by atoms with Gasteiger partial charge in [-0.3, -0.25) is 9.97 Å². The predicted octanol–water partition coefficient (Wildman–Crippen LogP) is 2.65. The molecule has 0 unspecified atom stereocenters. The van der Waals surface area contributed by atoms with Crippen LogP contribution >= 0.6 is 0 Å². The molecule has 0 N–H and O–H groups in total. The van der Waals surface area contributed by atoms with Crippen molar-refractivity contribution in [3.05, 3.63) is 97.6 Å². The Balaban J connectivity index is 0.000000141. The topological polar surface area (TPSA) is 61.4 Å². The quantitative estimate of drug-likeness (QED) is 0.580. The summed E-state index contributed by atoms with van der Waals surface area (Å²) in [6.07, 6.45) is 14.6. The smallest absolute Gasteiger partial charge is 0.0949 e. The molecule has 6 heteroatoms. The molecule has 4 aromatic heterocycles. The highest BCUT2D eigenvalue weighted by atomic mass is 15.0. The van der Waals surface area contributed by atoms with Gasteiger partial charge in [-0.15, -0.1) is 0 Å². The van der Waals surface area contributed by atoms with Crippen molar-refractivity contribution in [3.63, 3.8) is 0 Å². The number of pyridine rings is 2. The first kappa shape index (κ1) is 15.6. The molecular weight excluding hydrogens is 300 g/mol. The first-order valence-electron chi connectivity index (χ1n) is 7.61. The van der Waals surface area contributed by atoms with Crippen molar-refractivity contribution in [2.75, 3.05) is 0 Å². The Morgan fingerprint density at radius 3 is 1.46 bits per heavy atom. The Bertz CT molecular complexity index is 724. The fraction of sp³-hybridized carbons (Fsp3) is 0.111. The third kappa shape index (κ3) is 4.88. The van der Waals surface area contributed by atoms with Gasteiger partial charge in [0.25, 0.3) is 0 Å². The van der Waals surface area contributed by atoms with Crippen molar-refractivity contribution < 1.29 is 0 Å². The van der Waals surface area contributed by atoms with E-state index >= 15 is 0 Å². The predicted molar refractivity (Wildman–Crippen MR) is 91.1 cm³/mol. The average Bonchev–Trinajstić information content (AvgIpc) is 3.32. The first-order valence-corrected chi connectivity index (χ1v) is 7.61. The van der Waals surface area contributed by atoms with Crippen LogP contribution in [0, 0.1) is 0 Å². The van der Waals surface area contributed by atoms with Gasteiger partial charge in [0.15, 0.2) is 0 Å². The highest BCUT2D eigenvalue weighted by Crippen LogP contribution is 1.97. The third-order valence-corrected chi connectivity index (χ3v) is 3.26. The summed E-state index contributed by atoms with van der Waals surface area (Å²) in [5.74, 6) is 0. The van der Waals surface area contributed by atoms with Crippen molar-refractivity contribution in [2.24, 2.45) is 0 Å². The molecule has 0 amide bonds. The maximum absolute atomic E-state index is 4.20. The van der Waals surface area contributed by atoms with Crippen LogP contribution in [0.25, 0.3) is 0 Å². The summed E-state index contributed by atoms with van der Waals surface area (Å²) in [6, 6.07) is 11.8. The van der Waals surface area contributed by atoms with E-state index in [0.717, 1.165) is 24.5 Å². The van der Waals surface area contributed by atoms with Crippen molar-refractivity contribution in [2.45, 2.75) is 13.1 Å². The van der Waals surface area contributed by atoms with E-state index in [1.807, 2.05) is 57.9 Å². The van der Waals surface area contributed by atoms with E-state index in [0.29, 0.717) is 0 Å². The van der Waals surface area contributed by atoms with Crippen molar-refractivity contribution in [1.82, 2.24) is 29.1 Å². The van der Waals surface area contributed by atoms with Crippen LogP contribution in [-0.4, -0.2) is 29.1 Å². The van der Waals surface area contributed by atoms with E-state index in [1.165, 1.54) is 0 Å². The van der Waals surface area contributed by atoms with Gasteiger partial charge in [0, 0.05) is 37.2 Å². The van der Waals surface area contributed by atoms with E-state index < -0.39 is 0 Å². The number of hydrogen-bond acceptors (Lipinski definition) is 4. The molecule has 0 saturated carbocycles. The van der Waals surface area contributed by atoms with E-state index in [1.54, 1.807) is 37.4 Å². The van der Waals surface area contributed by atoms with Crippen LogP contribution < -0.4 is 0 Å². The summed E-state index contributed by atoms with van der Waals surface area (Å²) in [5.41, 5.74) is 2.10. The molecule has 0 spiro atoms. The molecule has 0 aromatic carbocycles. The fourth-order valence-electron chi connectivity index (χ4n) is 2.12. The molecule has 24 heavy (non-hydrogen) atoms. The van der Waals surface area contributed by atoms with E-state index in [2.05, 4.69) is 19.9 Å². The minimum absolute atomic E-state index is 0.792. The monoisotopic (exact) mass is 318 g/mol. The molecule has 4 aromatic rings. The molecule has 4 rings (SSSR count). The summed E-state index contributed by atoms with van der Waals surface area (Å²) < 4.78 is 3.98. The number of rotatable bonds is 4. The lowest BCUT2D eigenvalue weighted by Gasteiger charge is -1.99. The molecule has 0 fully saturated rings. The zero-order chi connectivity index (χ0) is 16.5. The van der Waals surface area contributed by atoms with Gasteiger partial charge in [-0.2, -0.15) is 0 Å². The largest absolute Gasteiger partial charge is 0.331 e. The normalized spacial score (nSPS) is 10.0. The zero-order valence-electron chi connectivity index (χ0n) is 13.2. The lowest BCUT2D eigenvalue weighted by atomic mass is 10.3. The molecule has 0 aliphatic rings. The SMILES string of the molecule is c1ccc(Cn2ccnc2)nc1.c1ccc(Cn2ccnc2)nc1. The lowest BCUT2D eigenvalue weighted by molar-refractivity contribution is 0.773. The van der Waals surface area contributed by atoms with Crippen LogP contribution in [0.2, 0.25) is 0 Å². The van der Waals surface area contributed by atoms with Crippen molar-refractivity contribution in [1.29, 1.82) is 0 Å². The van der Waals surface area contributed by atoms with Gasteiger partial charge >= 0.3 is 0 Å². The Labute approximate surface area is 140 Å². The molecule has 0 atom stereocenters. The van der Waals surface area contributed by atoms with Crippen LogP contribution in [0.3, 0.4) is 0 Å². The number of aromatic nitrogens is 6. The Morgan fingerprint density at radius 1 is 0.625 bits per heavy atom. The van der Waals surface area contributed by atoms with E-state index in [9.17, 15) is 0 Å². The van der Waals surface area contributed by atoms with Gasteiger partial charge in [-0.1, -0.05) is 12.1 Å². The highest BCUT2D eigenvalue weighted by Gasteiger charge is 1.93. The maximum Gasteiger partial charge on any atom is 0.0949 e. The molecule has 120 valence electrons. The summed E-state index contributed by atoms with van der Waals surface area (Å²) in [6.45, 7) is 1.58. The second kappa shape index (κ2) is 8.38. The van der Waals surface area contributed by atoms with Gasteiger partial charge in [0.1, 0.15) is 0 Å². The molecule has 0 aliphatic heterocycles. The molecule has 4 heterocycles. The summed E-state index contributed by atoms with van der Waals surface area (Å²) >= 11 is 0. The van der Waals surface area contributed by atoms with Gasteiger partial charge in [0.2, 0.25) is 0 Å². The Hall–Kier alpha value is -3.28. The number of imidazole rings is 2. The Kier molecular flexibility index (Phi) is 5.45. The standard InChI is InChI=1S/2C9H9N3/c2*1-2-4-11-9(3-1)7-12-6-5-10-8-12/h2*1-6,8H,7H2. The highest BCUT2D eigenvalue weighted by molar-refractivity contribution is 5.04. The van der Waals surface area contributed by atoms with E-state index in [4.69, 9.17) is 0 Å². The summed E-state index contributed by atoms with van der Waals surface area (Å²) in [4.78, 5) is 16.3. The molecular formula is C18H18N6. The molecule has 0 bridgehead atoms. The Morgan fingerprint density at radius 2 is 1.12 bits per heavy atom. The van der Waals surface area contributed by atoms with Gasteiger partial charge in [-0.25, -0.2) is 9.97 Å². The van der Waals surface area contributed by atoms with Crippen LogP contribution in [0.5, 0.6) is 0 Å². The van der Waals surface area contributed by atoms with Crippen molar-refractivity contribution in [3.8, 4) is 0 Å². The minimum Gasteiger partial charge on any atom is -0.331 e. The van der Waals surface area contributed by atoms with Gasteiger partial charge in [0.05, 0.1) is 37.1 Å². The van der Waals surface area contributed by atoms with Crippen molar-refractivity contribution >= 4 is 0 Å². The average molecular weight is 318 g/mol. The van der Waals surface area contributed by atoms with Crippen LogP contribution in [-0.2, 0) is 13.1 Å². The molecule has 0 radical (unpaired) electrons. The first-order chi connectivity index (χ1) is 11.9. The van der Waals surface area contributed by atoms with E-state index in [-0.39, 0.29) is 0 Å². The second-order valence-electron chi connectivity index (χ2n) is 5.11. The van der Waals surface area contributed by atoms with Gasteiger partial charge in [-0.05, 0) is 24.3 Å². The molecule has 6 nitrogen and oxygen atoms in total. The fourth-order valence-corrected chi connectivity index (χ4v) is 2.12. The molecule has 0 aliphatic carbocycles. The van der Waals surface area contributed by atoms with Crippen LogP contribution in [0.1, 0.15) is 11.4 Å².